The molecule has 2 N–H and O–H groups in total. The Bertz CT molecular complexity index is 718. The number of nitrogens with one attached hydrogen (secondary N) is 2. The molecule has 0 unspecified atom stereocenters. The normalized spacial score (nSPS) is 10.8. The largest absolute Gasteiger partial charge is 0.381 e. The van der Waals surface area contributed by atoms with Crippen LogP contribution in [0.5, 0.6) is 0 Å². The Balaban J connectivity index is 1.75. The number of hydrogen-bond donors (Lipinski definition) is 2. The van der Waals surface area contributed by atoms with Gasteiger partial charge >= 0.3 is 0 Å². The molecule has 0 radical (unpaired) electrons. The lowest BCUT2D eigenvalue weighted by molar-refractivity contribution is 1.12. The molecule has 3 aromatic rings. The van der Waals surface area contributed by atoms with Gasteiger partial charge in [-0.3, -0.25) is 5.10 Å². The highest BCUT2D eigenvalue weighted by Crippen LogP contribution is 2.20. The summed E-state index contributed by atoms with van der Waals surface area (Å²) in [6.45, 7) is 2.92. The molecule has 3 rings (SSSR count). The monoisotopic (exact) mass is 315 g/mol. The molecule has 0 atom stereocenters. The fourth-order valence-corrected chi connectivity index (χ4v) is 2.32. The van der Waals surface area contributed by atoms with Crippen molar-refractivity contribution in [3.8, 4) is 0 Å². The number of aromatic amines is 1. The van der Waals surface area contributed by atoms with Crippen molar-refractivity contribution >= 4 is 32.5 Å². The van der Waals surface area contributed by atoms with Gasteiger partial charge in [0.2, 0.25) is 0 Å². The molecular weight excluding hydrogens is 302 g/mol. The average Bonchev–Trinajstić information content (AvgIpc) is 2.87. The smallest absolute Gasteiger partial charge is 0.0651 e. The molecule has 0 spiro atoms. The summed E-state index contributed by atoms with van der Waals surface area (Å²) in [5, 5.41) is 11.5. The van der Waals surface area contributed by atoms with Gasteiger partial charge in [-0.2, -0.15) is 5.10 Å². The van der Waals surface area contributed by atoms with Crippen molar-refractivity contribution in [1.29, 1.82) is 0 Å². The molecule has 1 heterocycles. The van der Waals surface area contributed by atoms with Gasteiger partial charge in [0.25, 0.3) is 0 Å². The number of H-pyrrole nitrogens is 1. The molecule has 0 aliphatic rings. The first-order valence-corrected chi connectivity index (χ1v) is 6.94. The van der Waals surface area contributed by atoms with E-state index in [4.69, 9.17) is 0 Å². The number of rotatable bonds is 3. The quantitative estimate of drug-likeness (QED) is 0.758. The van der Waals surface area contributed by atoms with Crippen LogP contribution < -0.4 is 5.32 Å². The van der Waals surface area contributed by atoms with Gasteiger partial charge in [0.1, 0.15) is 0 Å². The zero-order chi connectivity index (χ0) is 13.2. The molecular formula is C15H14BrN3. The molecule has 2 aromatic carbocycles. The summed E-state index contributed by atoms with van der Waals surface area (Å²) < 4.78 is 1.15. The van der Waals surface area contributed by atoms with E-state index < -0.39 is 0 Å². The minimum absolute atomic E-state index is 0.817. The van der Waals surface area contributed by atoms with Crippen molar-refractivity contribution in [1.82, 2.24) is 10.2 Å². The molecule has 3 nitrogen and oxygen atoms in total. The van der Waals surface area contributed by atoms with Gasteiger partial charge in [0, 0.05) is 22.1 Å². The number of halogens is 1. The van der Waals surface area contributed by atoms with Crippen LogP contribution in [0.1, 0.15) is 11.1 Å². The van der Waals surface area contributed by atoms with Crippen LogP contribution in [0.4, 0.5) is 5.69 Å². The predicted molar refractivity (Wildman–Crippen MR) is 82.3 cm³/mol. The maximum absolute atomic E-state index is 4.02. The molecule has 96 valence electrons. The highest BCUT2D eigenvalue weighted by atomic mass is 79.9. The SMILES string of the molecule is Cc1cc(CNc2ccc3[nH]ncc3c2)ccc1Br. The highest BCUT2D eigenvalue weighted by molar-refractivity contribution is 9.10. The van der Waals surface area contributed by atoms with E-state index in [2.05, 4.69) is 68.7 Å². The lowest BCUT2D eigenvalue weighted by Gasteiger charge is -2.08. The van der Waals surface area contributed by atoms with Gasteiger partial charge in [0.05, 0.1) is 11.7 Å². The van der Waals surface area contributed by atoms with Crippen molar-refractivity contribution in [2.75, 3.05) is 5.32 Å². The zero-order valence-electron chi connectivity index (χ0n) is 10.6. The van der Waals surface area contributed by atoms with E-state index in [0.29, 0.717) is 0 Å². The summed E-state index contributed by atoms with van der Waals surface area (Å²) in [6.07, 6.45) is 1.84. The average molecular weight is 316 g/mol. The van der Waals surface area contributed by atoms with Crippen LogP contribution in [0.3, 0.4) is 0 Å². The van der Waals surface area contributed by atoms with Crippen LogP contribution in [0, 0.1) is 6.92 Å². The summed E-state index contributed by atoms with van der Waals surface area (Å²) in [7, 11) is 0. The van der Waals surface area contributed by atoms with Crippen LogP contribution in [0.2, 0.25) is 0 Å². The third-order valence-electron chi connectivity index (χ3n) is 3.16. The molecule has 0 bridgehead atoms. The van der Waals surface area contributed by atoms with Crippen LogP contribution in [0.15, 0.2) is 47.1 Å². The number of aromatic nitrogens is 2. The number of aryl methyl sites for hydroxylation is 1. The van der Waals surface area contributed by atoms with Crippen molar-refractivity contribution in [3.05, 3.63) is 58.2 Å². The molecule has 0 saturated carbocycles. The maximum atomic E-state index is 4.02. The van der Waals surface area contributed by atoms with E-state index in [9.17, 15) is 0 Å². The molecule has 4 heteroatoms. The second-order valence-corrected chi connectivity index (χ2v) is 5.46. The highest BCUT2D eigenvalue weighted by Gasteiger charge is 2.00. The summed E-state index contributed by atoms with van der Waals surface area (Å²) >= 11 is 3.52. The minimum Gasteiger partial charge on any atom is -0.381 e. The van der Waals surface area contributed by atoms with Crippen LogP contribution in [-0.2, 0) is 6.54 Å². The molecule has 0 aliphatic heterocycles. The van der Waals surface area contributed by atoms with E-state index in [1.165, 1.54) is 11.1 Å². The summed E-state index contributed by atoms with van der Waals surface area (Å²) in [5.41, 5.74) is 4.69. The van der Waals surface area contributed by atoms with Gasteiger partial charge in [-0.1, -0.05) is 28.1 Å². The van der Waals surface area contributed by atoms with Crippen molar-refractivity contribution < 1.29 is 0 Å². The van der Waals surface area contributed by atoms with Gasteiger partial charge in [0.15, 0.2) is 0 Å². The Hall–Kier alpha value is -1.81. The van der Waals surface area contributed by atoms with Gasteiger partial charge < -0.3 is 5.32 Å². The van der Waals surface area contributed by atoms with Crippen molar-refractivity contribution in [2.24, 2.45) is 0 Å². The van der Waals surface area contributed by atoms with E-state index in [0.717, 1.165) is 27.6 Å². The molecule has 0 fully saturated rings. The number of hydrogen-bond acceptors (Lipinski definition) is 2. The standard InChI is InChI=1S/C15H14BrN3/c1-10-6-11(2-4-14(10)16)8-17-13-3-5-15-12(7-13)9-18-19-15/h2-7,9,17H,8H2,1H3,(H,18,19). The number of anilines is 1. The number of fused-ring (bicyclic) bond motifs is 1. The first-order valence-electron chi connectivity index (χ1n) is 6.14. The fourth-order valence-electron chi connectivity index (χ4n) is 2.07. The van der Waals surface area contributed by atoms with E-state index >= 15 is 0 Å². The van der Waals surface area contributed by atoms with Crippen molar-refractivity contribution in [2.45, 2.75) is 13.5 Å². The van der Waals surface area contributed by atoms with Crippen molar-refractivity contribution in [3.63, 3.8) is 0 Å². The van der Waals surface area contributed by atoms with Gasteiger partial charge in [-0.05, 0) is 42.3 Å². The zero-order valence-corrected chi connectivity index (χ0v) is 12.2. The summed E-state index contributed by atoms with van der Waals surface area (Å²) in [4.78, 5) is 0. The third kappa shape index (κ3) is 2.63. The maximum Gasteiger partial charge on any atom is 0.0651 e. The second kappa shape index (κ2) is 5.05. The van der Waals surface area contributed by atoms with E-state index in [1.54, 1.807) is 0 Å². The fraction of sp³-hybridized carbons (Fsp3) is 0.133. The molecule has 1 aromatic heterocycles. The third-order valence-corrected chi connectivity index (χ3v) is 4.05. The van der Waals surface area contributed by atoms with Crippen LogP contribution >= 0.6 is 15.9 Å². The second-order valence-electron chi connectivity index (χ2n) is 4.61. The van der Waals surface area contributed by atoms with Crippen LogP contribution in [-0.4, -0.2) is 10.2 Å². The predicted octanol–water partition coefficient (Wildman–Crippen LogP) is 4.25. The Labute approximate surface area is 120 Å². The summed E-state index contributed by atoms with van der Waals surface area (Å²) in [5.74, 6) is 0. The Morgan fingerprint density at radius 2 is 2.11 bits per heavy atom. The van der Waals surface area contributed by atoms with E-state index in [1.807, 2.05) is 12.3 Å². The lowest BCUT2D eigenvalue weighted by atomic mass is 10.1. The number of benzene rings is 2. The molecule has 0 aliphatic carbocycles. The number of nitrogens with zero attached hydrogens (tertiary/aromatic N) is 1. The molecule has 19 heavy (non-hydrogen) atoms. The Morgan fingerprint density at radius 1 is 1.21 bits per heavy atom. The van der Waals surface area contributed by atoms with E-state index in [-0.39, 0.29) is 0 Å². The van der Waals surface area contributed by atoms with Gasteiger partial charge in [-0.15, -0.1) is 0 Å². The van der Waals surface area contributed by atoms with Crippen LogP contribution in [0.25, 0.3) is 10.9 Å². The van der Waals surface area contributed by atoms with Gasteiger partial charge in [-0.25, -0.2) is 0 Å². The minimum atomic E-state index is 0.817. The molecule has 0 saturated heterocycles. The summed E-state index contributed by atoms with van der Waals surface area (Å²) in [6, 6.07) is 12.6. The Kier molecular flexibility index (Phi) is 3.25. The first-order chi connectivity index (χ1) is 9.22. The molecule has 0 amide bonds. The Morgan fingerprint density at radius 3 is 2.95 bits per heavy atom. The first kappa shape index (κ1) is 12.2. The topological polar surface area (TPSA) is 40.7 Å². The lowest BCUT2D eigenvalue weighted by Crippen LogP contribution is -1.99.